The van der Waals surface area contributed by atoms with E-state index in [1.165, 1.54) is 0 Å². The minimum atomic E-state index is -0.535. The number of ether oxygens (including phenoxy) is 4. The van der Waals surface area contributed by atoms with E-state index in [0.29, 0.717) is 11.7 Å². The summed E-state index contributed by atoms with van der Waals surface area (Å²) in [7, 11) is 3.34. The number of para-hydroxylation sites is 1. The first kappa shape index (κ1) is 28.0. The van der Waals surface area contributed by atoms with Gasteiger partial charge in [0.1, 0.15) is 18.0 Å². The van der Waals surface area contributed by atoms with E-state index in [4.69, 9.17) is 23.5 Å². The van der Waals surface area contributed by atoms with E-state index in [-0.39, 0.29) is 19.3 Å². The van der Waals surface area contributed by atoms with Gasteiger partial charge in [-0.25, -0.2) is 4.79 Å². The van der Waals surface area contributed by atoms with Crippen molar-refractivity contribution in [3.63, 3.8) is 0 Å². The molecule has 0 saturated carbocycles. The maximum Gasteiger partial charge on any atom is 0.332 e. The van der Waals surface area contributed by atoms with Gasteiger partial charge in [-0.15, -0.1) is 0 Å². The Bertz CT molecular complexity index is 1410. The van der Waals surface area contributed by atoms with Crippen LogP contribution in [0.25, 0.3) is 34.0 Å². The molecule has 0 saturated heterocycles. The van der Waals surface area contributed by atoms with Gasteiger partial charge >= 0.3 is 5.97 Å². The summed E-state index contributed by atoms with van der Waals surface area (Å²) in [5, 5.41) is 4.18. The van der Waals surface area contributed by atoms with Crippen molar-refractivity contribution in [2.45, 2.75) is 46.0 Å². The molecule has 0 fully saturated rings. The Morgan fingerprint density at radius 3 is 2.36 bits per heavy atom. The van der Waals surface area contributed by atoms with Crippen molar-refractivity contribution in [1.82, 2.24) is 10.1 Å². The van der Waals surface area contributed by atoms with Crippen LogP contribution in [0.2, 0.25) is 0 Å². The van der Waals surface area contributed by atoms with Crippen LogP contribution in [-0.4, -0.2) is 42.5 Å². The van der Waals surface area contributed by atoms with E-state index >= 15 is 0 Å². The first-order chi connectivity index (χ1) is 18.7. The number of methoxy groups -OCH3 is 2. The molecule has 0 spiro atoms. The number of benzene rings is 3. The first-order valence-corrected chi connectivity index (χ1v) is 12.7. The second-order valence-corrected chi connectivity index (χ2v) is 10.1. The second-order valence-electron chi connectivity index (χ2n) is 10.1. The Balaban J connectivity index is 1.50. The largest absolute Gasteiger partial charge is 0.496 e. The maximum atomic E-state index is 11.8. The van der Waals surface area contributed by atoms with Crippen LogP contribution in [0.3, 0.4) is 0 Å². The SMILES string of the molecule is COc1ccccc1-c1ccc(-c2nc(-c3ccc(COCC(=O)OC(C)(C)C)cc3)no2)cc1C(C)OC. The van der Waals surface area contributed by atoms with Gasteiger partial charge in [0.05, 0.1) is 19.8 Å². The van der Waals surface area contributed by atoms with Crippen molar-refractivity contribution < 1.29 is 28.3 Å². The molecule has 0 aliphatic carbocycles. The van der Waals surface area contributed by atoms with E-state index in [0.717, 1.165) is 39.1 Å². The van der Waals surface area contributed by atoms with E-state index < -0.39 is 11.6 Å². The van der Waals surface area contributed by atoms with Crippen LogP contribution < -0.4 is 4.74 Å². The number of hydrogen-bond acceptors (Lipinski definition) is 8. The lowest BCUT2D eigenvalue weighted by Crippen LogP contribution is -2.26. The number of esters is 1. The van der Waals surface area contributed by atoms with Gasteiger partial charge < -0.3 is 23.5 Å². The van der Waals surface area contributed by atoms with Gasteiger partial charge in [0.15, 0.2) is 0 Å². The topological polar surface area (TPSA) is 92.9 Å². The highest BCUT2D eigenvalue weighted by Crippen LogP contribution is 2.38. The molecule has 0 aliphatic rings. The lowest BCUT2D eigenvalue weighted by atomic mass is 9.94. The molecule has 204 valence electrons. The number of carbonyl (C=O) groups is 1. The van der Waals surface area contributed by atoms with Crippen molar-refractivity contribution >= 4 is 5.97 Å². The van der Waals surface area contributed by atoms with E-state index in [2.05, 4.69) is 10.1 Å². The fourth-order valence-corrected chi connectivity index (χ4v) is 4.10. The highest BCUT2D eigenvalue weighted by molar-refractivity contribution is 5.76. The molecular formula is C31H34N2O6. The number of carbonyl (C=O) groups excluding carboxylic acids is 1. The number of hydrogen-bond donors (Lipinski definition) is 0. The quantitative estimate of drug-likeness (QED) is 0.211. The van der Waals surface area contributed by atoms with Crippen LogP contribution in [0.4, 0.5) is 0 Å². The Labute approximate surface area is 228 Å². The molecule has 0 bridgehead atoms. The minimum Gasteiger partial charge on any atom is -0.496 e. The van der Waals surface area contributed by atoms with Gasteiger partial charge in [-0.2, -0.15) is 4.98 Å². The Hall–Kier alpha value is -4.01. The van der Waals surface area contributed by atoms with Gasteiger partial charge in [-0.3, -0.25) is 0 Å². The predicted octanol–water partition coefficient (Wildman–Crippen LogP) is 6.64. The summed E-state index contributed by atoms with van der Waals surface area (Å²) in [4.78, 5) is 16.4. The Morgan fingerprint density at radius 1 is 0.949 bits per heavy atom. The summed E-state index contributed by atoms with van der Waals surface area (Å²) >= 11 is 0. The van der Waals surface area contributed by atoms with Gasteiger partial charge in [0, 0.05) is 23.8 Å². The zero-order chi connectivity index (χ0) is 28.0. The van der Waals surface area contributed by atoms with Crippen molar-refractivity contribution in [1.29, 1.82) is 0 Å². The molecule has 0 aliphatic heterocycles. The van der Waals surface area contributed by atoms with Crippen LogP contribution >= 0.6 is 0 Å². The smallest absolute Gasteiger partial charge is 0.332 e. The molecule has 39 heavy (non-hydrogen) atoms. The zero-order valence-corrected chi connectivity index (χ0v) is 23.2. The van der Waals surface area contributed by atoms with Crippen LogP contribution in [0.15, 0.2) is 71.3 Å². The molecule has 8 heteroatoms. The Morgan fingerprint density at radius 2 is 1.67 bits per heavy atom. The minimum absolute atomic E-state index is 0.104. The van der Waals surface area contributed by atoms with E-state index in [9.17, 15) is 4.79 Å². The third-order valence-corrected chi connectivity index (χ3v) is 6.03. The van der Waals surface area contributed by atoms with E-state index in [1.807, 2.05) is 94.4 Å². The van der Waals surface area contributed by atoms with Gasteiger partial charge in [-0.1, -0.05) is 53.7 Å². The number of aromatic nitrogens is 2. The molecule has 4 aromatic rings. The van der Waals surface area contributed by atoms with Crippen LogP contribution in [0.5, 0.6) is 5.75 Å². The lowest BCUT2D eigenvalue weighted by Gasteiger charge is -2.19. The third kappa shape index (κ3) is 7.10. The monoisotopic (exact) mass is 530 g/mol. The first-order valence-electron chi connectivity index (χ1n) is 12.7. The van der Waals surface area contributed by atoms with Crippen LogP contribution in [-0.2, 0) is 25.6 Å². The fourth-order valence-electron chi connectivity index (χ4n) is 4.10. The Kier molecular flexibility index (Phi) is 8.79. The van der Waals surface area contributed by atoms with Gasteiger partial charge in [0.25, 0.3) is 5.89 Å². The van der Waals surface area contributed by atoms with Crippen LogP contribution in [0, 0.1) is 0 Å². The highest BCUT2D eigenvalue weighted by atomic mass is 16.6. The summed E-state index contributed by atoms with van der Waals surface area (Å²) in [5.74, 6) is 1.28. The standard InChI is InChI=1S/C31H34N2O6/c1-20(35-5)26-17-23(15-16-24(26)25-9-7-8-10-27(25)36-6)30-32-29(33-39-30)22-13-11-21(12-14-22)18-37-19-28(34)38-31(2,3)4/h7-17,20H,18-19H2,1-6H3. The fraction of sp³-hybridized carbons (Fsp3) is 0.323. The average molecular weight is 531 g/mol. The lowest BCUT2D eigenvalue weighted by molar-refractivity contribution is -0.160. The average Bonchev–Trinajstić information content (AvgIpc) is 3.42. The summed E-state index contributed by atoms with van der Waals surface area (Å²) in [6, 6.07) is 21.5. The molecular weight excluding hydrogens is 496 g/mol. The summed E-state index contributed by atoms with van der Waals surface area (Å²) in [6.07, 6.45) is -0.169. The number of rotatable bonds is 10. The van der Waals surface area contributed by atoms with E-state index in [1.54, 1.807) is 14.2 Å². The molecule has 3 aromatic carbocycles. The molecule has 0 radical (unpaired) electrons. The summed E-state index contributed by atoms with van der Waals surface area (Å²) < 4.78 is 27.6. The predicted molar refractivity (Wildman–Crippen MR) is 148 cm³/mol. The molecule has 1 unspecified atom stereocenters. The summed E-state index contributed by atoms with van der Waals surface area (Å²) in [6.45, 7) is 7.65. The van der Waals surface area contributed by atoms with Gasteiger partial charge in [0.2, 0.25) is 5.82 Å². The normalized spacial score (nSPS) is 12.3. The molecule has 1 heterocycles. The second kappa shape index (κ2) is 12.2. The number of nitrogens with zero attached hydrogens (tertiary/aromatic N) is 2. The highest BCUT2D eigenvalue weighted by Gasteiger charge is 2.19. The zero-order valence-electron chi connectivity index (χ0n) is 23.2. The maximum absolute atomic E-state index is 11.8. The molecule has 1 aromatic heterocycles. The molecule has 8 nitrogen and oxygen atoms in total. The van der Waals surface area contributed by atoms with Crippen molar-refractivity contribution in [3.8, 4) is 39.7 Å². The van der Waals surface area contributed by atoms with Crippen LogP contribution in [0.1, 0.15) is 44.9 Å². The van der Waals surface area contributed by atoms with Gasteiger partial charge in [-0.05, 0) is 62.6 Å². The van der Waals surface area contributed by atoms with Crippen molar-refractivity contribution in [3.05, 3.63) is 77.9 Å². The summed E-state index contributed by atoms with van der Waals surface area (Å²) in [5.41, 5.74) is 4.94. The van der Waals surface area contributed by atoms with Crippen molar-refractivity contribution in [2.24, 2.45) is 0 Å². The third-order valence-electron chi connectivity index (χ3n) is 6.03. The molecule has 0 N–H and O–H groups in total. The molecule has 1 atom stereocenters. The molecule has 0 amide bonds. The van der Waals surface area contributed by atoms with Crippen molar-refractivity contribution in [2.75, 3.05) is 20.8 Å². The molecule has 4 rings (SSSR count).